The molecule has 0 spiro atoms. The third-order valence-electron chi connectivity index (χ3n) is 16.7. The maximum atomic E-state index is 5.40. The van der Waals surface area contributed by atoms with E-state index in [-0.39, 0.29) is 5.41 Å². The van der Waals surface area contributed by atoms with Crippen molar-refractivity contribution < 1.29 is 0 Å². The molecule has 0 unspecified atom stereocenters. The summed E-state index contributed by atoms with van der Waals surface area (Å²) in [4.78, 5) is 10.8. The summed E-state index contributed by atoms with van der Waals surface area (Å²) in [5.74, 6) is 0.624. The monoisotopic (exact) mass is 995 g/mol. The van der Waals surface area contributed by atoms with E-state index >= 15 is 0 Å². The van der Waals surface area contributed by atoms with Gasteiger partial charge in [0.2, 0.25) is 5.95 Å². The Labute approximate surface area is 451 Å². The highest BCUT2D eigenvalue weighted by Crippen LogP contribution is 2.50. The van der Waals surface area contributed by atoms with Crippen LogP contribution in [0, 0.1) is 0 Å². The molecule has 5 nitrogen and oxygen atoms in total. The lowest BCUT2D eigenvalue weighted by Crippen LogP contribution is -2.15. The Morgan fingerprint density at radius 2 is 0.667 bits per heavy atom. The van der Waals surface area contributed by atoms with E-state index < -0.39 is 0 Å². The molecule has 16 rings (SSSR count). The molecule has 366 valence electrons. The van der Waals surface area contributed by atoms with Crippen molar-refractivity contribution >= 4 is 65.4 Å². The van der Waals surface area contributed by atoms with Crippen LogP contribution in [-0.4, -0.2) is 23.7 Å². The molecular weight excluding hydrogens is 947 g/mol. The van der Waals surface area contributed by atoms with Crippen molar-refractivity contribution in [2.45, 2.75) is 19.3 Å². The second-order valence-corrected chi connectivity index (χ2v) is 21.4. The summed E-state index contributed by atoms with van der Waals surface area (Å²) in [6.45, 7) is 4.72. The molecule has 0 fully saturated rings. The molecule has 0 saturated carbocycles. The maximum absolute atomic E-state index is 5.40. The zero-order chi connectivity index (χ0) is 51.6. The SMILES string of the molecule is CC1(C)c2ccccc2-c2ccc(-n3c4ccccc4c4cc(-c5ccc6c(c5)c5cc(-c7ccc8c(c7)c7ccccc7n8-c7ccccc7)ccc5n6-c5nc(-c6ccccc6)cc(-c6ccccc6)n5)ccc43)cc21. The molecule has 11 aromatic carbocycles. The molecule has 0 saturated heterocycles. The lowest BCUT2D eigenvalue weighted by molar-refractivity contribution is 0.660. The van der Waals surface area contributed by atoms with Crippen molar-refractivity contribution in [1.29, 1.82) is 0 Å². The van der Waals surface area contributed by atoms with Crippen LogP contribution >= 0.6 is 0 Å². The number of nitrogens with zero attached hydrogens (tertiary/aromatic N) is 5. The zero-order valence-electron chi connectivity index (χ0n) is 43.1. The van der Waals surface area contributed by atoms with E-state index in [0.29, 0.717) is 5.95 Å². The number of benzene rings is 11. The molecule has 78 heavy (non-hydrogen) atoms. The van der Waals surface area contributed by atoms with Crippen LogP contribution in [-0.2, 0) is 5.41 Å². The van der Waals surface area contributed by atoms with E-state index in [0.717, 1.165) is 72.3 Å². The first-order valence-corrected chi connectivity index (χ1v) is 26.9. The molecule has 4 aromatic heterocycles. The predicted octanol–water partition coefficient (Wildman–Crippen LogP) is 18.7. The topological polar surface area (TPSA) is 40.6 Å². The van der Waals surface area contributed by atoms with Crippen LogP contribution in [0.4, 0.5) is 0 Å². The Bertz CT molecular complexity index is 4870. The molecule has 15 aromatic rings. The van der Waals surface area contributed by atoms with Gasteiger partial charge in [0.05, 0.1) is 44.5 Å². The van der Waals surface area contributed by atoms with Gasteiger partial charge in [0.15, 0.2) is 0 Å². The van der Waals surface area contributed by atoms with Gasteiger partial charge in [0.1, 0.15) is 0 Å². The highest BCUT2D eigenvalue weighted by atomic mass is 15.2. The summed E-state index contributed by atoms with van der Waals surface area (Å²) >= 11 is 0. The third kappa shape index (κ3) is 6.68. The molecule has 0 aliphatic heterocycles. The summed E-state index contributed by atoms with van der Waals surface area (Å²) in [5.41, 5.74) is 22.9. The van der Waals surface area contributed by atoms with Crippen LogP contribution in [0.15, 0.2) is 261 Å². The van der Waals surface area contributed by atoms with Crippen LogP contribution in [0.2, 0.25) is 0 Å². The zero-order valence-corrected chi connectivity index (χ0v) is 43.1. The number of hydrogen-bond acceptors (Lipinski definition) is 2. The van der Waals surface area contributed by atoms with E-state index in [9.17, 15) is 0 Å². The van der Waals surface area contributed by atoms with Crippen molar-refractivity contribution in [3.05, 3.63) is 272 Å². The molecule has 0 N–H and O–H groups in total. The van der Waals surface area contributed by atoms with Gasteiger partial charge in [-0.05, 0) is 136 Å². The van der Waals surface area contributed by atoms with Gasteiger partial charge in [0.25, 0.3) is 0 Å². The Kier molecular flexibility index (Phi) is 9.61. The fourth-order valence-corrected chi connectivity index (χ4v) is 12.9. The second-order valence-electron chi connectivity index (χ2n) is 21.4. The maximum Gasteiger partial charge on any atom is 0.235 e. The molecule has 0 amide bonds. The van der Waals surface area contributed by atoms with Crippen LogP contribution in [0.3, 0.4) is 0 Å². The number of rotatable bonds is 7. The molecule has 1 aliphatic rings. The summed E-state index contributed by atoms with van der Waals surface area (Å²) in [7, 11) is 0. The van der Waals surface area contributed by atoms with Crippen molar-refractivity contribution in [2.75, 3.05) is 0 Å². The first kappa shape index (κ1) is 44.2. The standard InChI is InChI=1S/C73H49N5/c1-73(2)62-27-15-12-24-54(62)55-35-34-53(44-63(55)73)77-67-29-17-14-26-57(67)59-41-49(31-37-69(59)77)51-33-39-71-61(43-51)60-42-50(48-30-36-68-58(40-48)56-25-13-16-28-66(56)76(68)52-22-10-5-11-23-52)32-38-70(60)78(71)72-74-64(46-18-6-3-7-19-46)45-65(75-72)47-20-8-4-9-21-47/h3-45H,1-2H3. The summed E-state index contributed by atoms with van der Waals surface area (Å²) in [6, 6.07) is 95.0. The minimum Gasteiger partial charge on any atom is -0.309 e. The average molecular weight is 996 g/mol. The summed E-state index contributed by atoms with van der Waals surface area (Å²) in [6.07, 6.45) is 0. The van der Waals surface area contributed by atoms with Gasteiger partial charge in [-0.1, -0.05) is 184 Å². The number of aromatic nitrogens is 5. The quantitative estimate of drug-likeness (QED) is 0.160. The normalized spacial score (nSPS) is 12.8. The minimum atomic E-state index is -0.102. The van der Waals surface area contributed by atoms with Crippen molar-refractivity contribution in [2.24, 2.45) is 0 Å². The number of fused-ring (bicyclic) bond motifs is 12. The van der Waals surface area contributed by atoms with Gasteiger partial charge >= 0.3 is 0 Å². The van der Waals surface area contributed by atoms with E-state index in [1.54, 1.807) is 0 Å². The Morgan fingerprint density at radius 3 is 1.19 bits per heavy atom. The predicted molar refractivity (Wildman–Crippen MR) is 324 cm³/mol. The Hall–Kier alpha value is -10.1. The highest BCUT2D eigenvalue weighted by Gasteiger charge is 2.35. The van der Waals surface area contributed by atoms with Gasteiger partial charge < -0.3 is 9.13 Å². The Balaban J connectivity index is 0.892. The van der Waals surface area contributed by atoms with Gasteiger partial charge in [0, 0.05) is 60.2 Å². The van der Waals surface area contributed by atoms with Gasteiger partial charge in [-0.3, -0.25) is 4.57 Å². The Morgan fingerprint density at radius 1 is 0.269 bits per heavy atom. The highest BCUT2D eigenvalue weighted by molar-refractivity contribution is 6.14. The van der Waals surface area contributed by atoms with Crippen molar-refractivity contribution in [3.8, 4) is 73.2 Å². The van der Waals surface area contributed by atoms with Gasteiger partial charge in [-0.15, -0.1) is 0 Å². The van der Waals surface area contributed by atoms with Crippen molar-refractivity contribution in [1.82, 2.24) is 23.7 Å². The van der Waals surface area contributed by atoms with E-state index in [1.807, 2.05) is 0 Å². The second kappa shape index (κ2) is 17.0. The van der Waals surface area contributed by atoms with E-state index in [4.69, 9.17) is 9.97 Å². The van der Waals surface area contributed by atoms with E-state index in [1.165, 1.54) is 71.6 Å². The molecule has 0 bridgehead atoms. The first-order valence-electron chi connectivity index (χ1n) is 26.9. The molecule has 4 heterocycles. The fourth-order valence-electron chi connectivity index (χ4n) is 12.9. The van der Waals surface area contributed by atoms with Gasteiger partial charge in [-0.2, -0.15) is 0 Å². The van der Waals surface area contributed by atoms with Crippen LogP contribution in [0.1, 0.15) is 25.0 Å². The molecule has 5 heteroatoms. The molecule has 1 aliphatic carbocycles. The summed E-state index contributed by atoms with van der Waals surface area (Å²) in [5, 5.41) is 7.16. The molecule has 0 atom stereocenters. The number of hydrogen-bond donors (Lipinski definition) is 0. The average Bonchev–Trinajstić information content (AvgIpc) is 4.41. The molecule has 0 radical (unpaired) electrons. The minimum absolute atomic E-state index is 0.102. The van der Waals surface area contributed by atoms with Crippen LogP contribution in [0.5, 0.6) is 0 Å². The van der Waals surface area contributed by atoms with Gasteiger partial charge in [-0.25, -0.2) is 9.97 Å². The lowest BCUT2D eigenvalue weighted by Gasteiger charge is -2.22. The summed E-state index contributed by atoms with van der Waals surface area (Å²) < 4.78 is 7.10. The van der Waals surface area contributed by atoms with E-state index in [2.05, 4.69) is 288 Å². The van der Waals surface area contributed by atoms with Crippen molar-refractivity contribution in [3.63, 3.8) is 0 Å². The fraction of sp³-hybridized carbons (Fsp3) is 0.0411. The largest absolute Gasteiger partial charge is 0.309 e. The first-order chi connectivity index (χ1) is 38.4. The third-order valence-corrected chi connectivity index (χ3v) is 16.7. The smallest absolute Gasteiger partial charge is 0.235 e. The van der Waals surface area contributed by atoms with Crippen LogP contribution in [0.25, 0.3) is 139 Å². The van der Waals surface area contributed by atoms with Crippen LogP contribution < -0.4 is 0 Å². The lowest BCUT2D eigenvalue weighted by atomic mass is 9.82. The molecular formula is C73H49N5. The number of para-hydroxylation sites is 3.